The van der Waals surface area contributed by atoms with E-state index in [-0.39, 0.29) is 10.8 Å². The summed E-state index contributed by atoms with van der Waals surface area (Å²) in [6, 6.07) is 54.5. The number of nitrogens with zero attached hydrogens (tertiary/aromatic N) is 3. The number of benzene rings is 6. The average molecular weight is 736 g/mol. The topological polar surface area (TPSA) is 38.7 Å². The lowest BCUT2D eigenvalue weighted by atomic mass is 9.62. The molecule has 0 saturated heterocycles. The number of rotatable bonds is 5. The van der Waals surface area contributed by atoms with Crippen LogP contribution in [0.2, 0.25) is 0 Å². The van der Waals surface area contributed by atoms with Crippen LogP contribution in [0.3, 0.4) is 0 Å². The molecule has 4 aliphatic rings. The van der Waals surface area contributed by atoms with E-state index in [2.05, 4.69) is 153 Å². The van der Waals surface area contributed by atoms with Crippen LogP contribution in [0.25, 0.3) is 62.0 Å². The van der Waals surface area contributed by atoms with Crippen LogP contribution >= 0.6 is 0 Å². The van der Waals surface area contributed by atoms with Crippen molar-refractivity contribution in [3.8, 4) is 56.4 Å². The Morgan fingerprint density at radius 2 is 1.00 bits per heavy atom. The maximum Gasteiger partial charge on any atom is 0.164 e. The van der Waals surface area contributed by atoms with E-state index in [1.165, 1.54) is 65.5 Å². The van der Waals surface area contributed by atoms with Crippen LogP contribution in [0, 0.1) is 5.92 Å². The third-order valence-corrected chi connectivity index (χ3v) is 13.6. The summed E-state index contributed by atoms with van der Waals surface area (Å²) in [5.41, 5.74) is 16.8. The summed E-state index contributed by atoms with van der Waals surface area (Å²) in [6.07, 6.45) is 12.0. The fourth-order valence-electron chi connectivity index (χ4n) is 10.8. The Morgan fingerprint density at radius 3 is 1.74 bits per heavy atom. The number of hydrogen-bond acceptors (Lipinski definition) is 3. The monoisotopic (exact) mass is 735 g/mol. The number of allylic oxidation sites excluding steroid dienone is 4. The van der Waals surface area contributed by atoms with E-state index in [9.17, 15) is 0 Å². The van der Waals surface area contributed by atoms with Crippen molar-refractivity contribution >= 4 is 5.57 Å². The normalized spacial score (nSPS) is 19.5. The molecule has 1 heterocycles. The minimum atomic E-state index is -0.0965. The third kappa shape index (κ3) is 5.51. The summed E-state index contributed by atoms with van der Waals surface area (Å²) in [5.74, 6) is 2.98. The lowest BCUT2D eigenvalue weighted by Gasteiger charge is -2.41. The molecule has 1 fully saturated rings. The molecule has 0 aliphatic heterocycles. The van der Waals surface area contributed by atoms with Gasteiger partial charge in [0.25, 0.3) is 0 Å². The second-order valence-corrected chi connectivity index (χ2v) is 17.1. The Kier molecular flexibility index (Phi) is 7.90. The van der Waals surface area contributed by atoms with E-state index in [1.54, 1.807) is 11.1 Å². The molecule has 3 nitrogen and oxygen atoms in total. The lowest BCUT2D eigenvalue weighted by molar-refractivity contribution is 0.233. The Bertz CT molecular complexity index is 2730. The summed E-state index contributed by atoms with van der Waals surface area (Å²) >= 11 is 0. The Labute approximate surface area is 336 Å². The van der Waals surface area contributed by atoms with Crippen LogP contribution in [0.15, 0.2) is 169 Å². The highest BCUT2D eigenvalue weighted by molar-refractivity contribution is 5.93. The molecule has 1 saturated carbocycles. The quantitative estimate of drug-likeness (QED) is 0.177. The van der Waals surface area contributed by atoms with Crippen LogP contribution in [-0.4, -0.2) is 15.0 Å². The molecule has 2 unspecified atom stereocenters. The first-order valence-corrected chi connectivity index (χ1v) is 20.7. The standard InChI is InChI=1S/C54H45N3/c1-53(2)47-32-40(27-28-43(47)44-34-49-45(33-48(44)53)42-21-10-11-22-46(42)54(49)29-12-5-13-30-54)39-19-14-20-41(31-39)52-56-50(37-17-8-4-9-18-37)55-51(57-52)38-25-23-36(24-26-38)35-15-6-3-7-16-35/h3-4,6-11,14-28,31-34,45,49H,5,12-13,29-30H2,1-2H3. The fraction of sp³-hybridized carbons (Fsp3) is 0.204. The highest BCUT2D eigenvalue weighted by Crippen LogP contribution is 2.63. The molecule has 4 aliphatic carbocycles. The SMILES string of the molecule is CC1(C)C2=CC3c4ccccc4C4(CCCCC4)C3C=C2c2ccc(-c3cccc(-c4nc(-c5ccccc5)nc(-c5ccc(-c6ccccc6)cc5)n4)c3)cc21. The molecule has 2 atom stereocenters. The first-order chi connectivity index (χ1) is 28.0. The molecule has 3 heteroatoms. The predicted molar refractivity (Wildman–Crippen MR) is 234 cm³/mol. The Hall–Kier alpha value is -6.19. The van der Waals surface area contributed by atoms with Crippen LogP contribution in [0.5, 0.6) is 0 Å². The van der Waals surface area contributed by atoms with E-state index >= 15 is 0 Å². The summed E-state index contributed by atoms with van der Waals surface area (Å²) in [7, 11) is 0. The molecular formula is C54H45N3. The van der Waals surface area contributed by atoms with Gasteiger partial charge in [-0.2, -0.15) is 0 Å². The second kappa shape index (κ2) is 13.2. The predicted octanol–water partition coefficient (Wildman–Crippen LogP) is 13.4. The lowest BCUT2D eigenvalue weighted by Crippen LogP contribution is -2.35. The van der Waals surface area contributed by atoms with Gasteiger partial charge in [-0.05, 0) is 86.5 Å². The molecule has 57 heavy (non-hydrogen) atoms. The van der Waals surface area contributed by atoms with Crippen molar-refractivity contribution in [2.24, 2.45) is 5.92 Å². The van der Waals surface area contributed by atoms with E-state index in [0.29, 0.717) is 29.3 Å². The largest absolute Gasteiger partial charge is 0.208 e. The number of aromatic nitrogens is 3. The van der Waals surface area contributed by atoms with Gasteiger partial charge in [0.2, 0.25) is 0 Å². The smallest absolute Gasteiger partial charge is 0.164 e. The maximum atomic E-state index is 5.11. The zero-order valence-electron chi connectivity index (χ0n) is 32.6. The van der Waals surface area contributed by atoms with Crippen LogP contribution in [0.4, 0.5) is 0 Å². The maximum absolute atomic E-state index is 5.11. The van der Waals surface area contributed by atoms with E-state index in [0.717, 1.165) is 27.8 Å². The third-order valence-electron chi connectivity index (χ3n) is 13.6. The summed E-state index contributed by atoms with van der Waals surface area (Å²) in [6.45, 7) is 4.86. The molecule has 0 bridgehead atoms. The van der Waals surface area contributed by atoms with E-state index in [1.807, 2.05) is 24.3 Å². The van der Waals surface area contributed by atoms with E-state index in [4.69, 9.17) is 15.0 Å². The zero-order valence-corrected chi connectivity index (χ0v) is 32.6. The molecule has 0 N–H and O–H groups in total. The van der Waals surface area contributed by atoms with Crippen molar-refractivity contribution < 1.29 is 0 Å². The molecule has 7 aromatic rings. The summed E-state index contributed by atoms with van der Waals surface area (Å²) < 4.78 is 0. The highest BCUT2D eigenvalue weighted by atomic mass is 15.0. The highest BCUT2D eigenvalue weighted by Gasteiger charge is 2.53. The van der Waals surface area contributed by atoms with Gasteiger partial charge in [0.1, 0.15) is 0 Å². The van der Waals surface area contributed by atoms with Gasteiger partial charge in [0, 0.05) is 33.4 Å². The first-order valence-electron chi connectivity index (χ1n) is 20.7. The molecule has 0 radical (unpaired) electrons. The van der Waals surface area contributed by atoms with Crippen LogP contribution < -0.4 is 0 Å². The minimum Gasteiger partial charge on any atom is -0.208 e. The van der Waals surface area contributed by atoms with Crippen LogP contribution in [0.1, 0.15) is 74.1 Å². The van der Waals surface area contributed by atoms with Crippen molar-refractivity contribution in [1.82, 2.24) is 15.0 Å². The zero-order chi connectivity index (χ0) is 38.1. The molecule has 1 aromatic heterocycles. The second-order valence-electron chi connectivity index (χ2n) is 17.1. The number of fused-ring (bicyclic) bond motifs is 8. The molecule has 1 spiro atoms. The van der Waals surface area contributed by atoms with E-state index < -0.39 is 0 Å². The van der Waals surface area contributed by atoms with Gasteiger partial charge >= 0.3 is 0 Å². The van der Waals surface area contributed by atoms with Gasteiger partial charge in [-0.15, -0.1) is 0 Å². The summed E-state index contributed by atoms with van der Waals surface area (Å²) in [5, 5.41) is 0. The van der Waals surface area contributed by atoms with Crippen LogP contribution in [-0.2, 0) is 10.8 Å². The minimum absolute atomic E-state index is 0.0965. The Balaban J connectivity index is 0.969. The van der Waals surface area contributed by atoms with Crippen molar-refractivity contribution in [2.75, 3.05) is 0 Å². The average Bonchev–Trinajstić information content (AvgIpc) is 3.66. The summed E-state index contributed by atoms with van der Waals surface area (Å²) in [4.78, 5) is 15.2. The number of hydrogen-bond donors (Lipinski definition) is 0. The molecule has 276 valence electrons. The van der Waals surface area contributed by atoms with Gasteiger partial charge in [-0.3, -0.25) is 0 Å². The first kappa shape index (κ1) is 34.1. The van der Waals surface area contributed by atoms with Gasteiger partial charge in [0.05, 0.1) is 0 Å². The fourth-order valence-corrected chi connectivity index (χ4v) is 10.8. The van der Waals surface area contributed by atoms with Gasteiger partial charge in [-0.25, -0.2) is 15.0 Å². The molecule has 0 amide bonds. The van der Waals surface area contributed by atoms with Gasteiger partial charge < -0.3 is 0 Å². The molecular weight excluding hydrogens is 691 g/mol. The van der Waals surface area contributed by atoms with Crippen molar-refractivity contribution in [3.05, 3.63) is 192 Å². The van der Waals surface area contributed by atoms with Crippen molar-refractivity contribution in [1.29, 1.82) is 0 Å². The van der Waals surface area contributed by atoms with Gasteiger partial charge in [-0.1, -0.05) is 185 Å². The van der Waals surface area contributed by atoms with Crippen molar-refractivity contribution in [3.63, 3.8) is 0 Å². The van der Waals surface area contributed by atoms with Crippen molar-refractivity contribution in [2.45, 2.75) is 62.7 Å². The molecule has 11 rings (SSSR count). The van der Waals surface area contributed by atoms with Gasteiger partial charge in [0.15, 0.2) is 17.5 Å². The molecule has 6 aromatic carbocycles. The Morgan fingerprint density at radius 1 is 0.456 bits per heavy atom.